The zero-order chi connectivity index (χ0) is 39.8. The monoisotopic (exact) mass is 329 g/mol. The summed E-state index contributed by atoms with van der Waals surface area (Å²) in [5.41, 5.74) is 0. The van der Waals surface area contributed by atoms with E-state index in [0.29, 0.717) is 0 Å². The molecule has 0 bridgehead atoms. The van der Waals surface area contributed by atoms with Crippen molar-refractivity contribution in [2.75, 3.05) is 13.2 Å². The van der Waals surface area contributed by atoms with Gasteiger partial charge in [-0.2, -0.15) is 0 Å². The molecule has 0 amide bonds. The van der Waals surface area contributed by atoms with Gasteiger partial charge in [0.25, 0.3) is 0 Å². The number of hydrogen-bond donors (Lipinski definition) is 2. The van der Waals surface area contributed by atoms with E-state index in [0.717, 1.165) is 0 Å². The van der Waals surface area contributed by atoms with Crippen molar-refractivity contribution in [3.05, 3.63) is 0 Å². The number of rotatable bonds is 15. The first-order chi connectivity index (χ1) is 20.4. The van der Waals surface area contributed by atoms with Crippen molar-refractivity contribution in [1.29, 1.82) is 0 Å². The molecule has 1 atom stereocenters. The van der Waals surface area contributed by atoms with Gasteiger partial charge in [0.05, 0.1) is 6.61 Å². The summed E-state index contributed by atoms with van der Waals surface area (Å²) in [6, 6.07) is 0. The van der Waals surface area contributed by atoms with Crippen LogP contribution in [0.5, 0.6) is 0 Å². The molecule has 0 fully saturated rings. The van der Waals surface area contributed by atoms with Crippen molar-refractivity contribution >= 4 is 5.97 Å². The van der Waals surface area contributed by atoms with E-state index in [9.17, 15) is 9.90 Å². The molecule has 0 aromatic carbocycles. The summed E-state index contributed by atoms with van der Waals surface area (Å²) in [6.07, 6.45) is -59.2. The molecule has 21 heavy (non-hydrogen) atoms. The smallest absolute Gasteiger partial charge is 0.305 e. The molecule has 1 unspecified atom stereocenters. The molecular weight excluding hydrogens is 268 g/mol. The average molecular weight is 330 g/mol. The molecular formula is C17H34O4. The Bertz CT molecular complexity index is 1170. The van der Waals surface area contributed by atoms with Crippen molar-refractivity contribution in [3.63, 3.8) is 0 Å². The van der Waals surface area contributed by atoms with Gasteiger partial charge >= 0.3 is 5.97 Å². The van der Waals surface area contributed by atoms with Crippen molar-refractivity contribution in [2.45, 2.75) is 89.4 Å². The molecule has 0 aliphatic carbocycles. The van der Waals surface area contributed by atoms with E-state index in [1.165, 1.54) is 0 Å². The van der Waals surface area contributed by atoms with Crippen LogP contribution in [0.4, 0.5) is 0 Å². The third-order valence-electron chi connectivity index (χ3n) is 1.41. The zero-order valence-corrected chi connectivity index (χ0v) is 10.7. The number of carbonyl (C=O) groups is 1. The summed E-state index contributed by atoms with van der Waals surface area (Å²) in [4.78, 5) is 12.3. The standard InChI is InChI=1S/C17H34O4/c1-2-3-4-5-6-7-8-9-10-11-12-13-17(20)21-15-16(19)14-18/h16,18-19H,2-15H2,1H3/i1D3,2D2,3D2,4D2,5D2,6D2,7D2,8D2,9D2,10D2,11D2,12D2,13D2. The van der Waals surface area contributed by atoms with Crippen LogP contribution in [-0.4, -0.2) is 35.5 Å². The number of esters is 1. The van der Waals surface area contributed by atoms with E-state index in [1.807, 2.05) is 0 Å². The van der Waals surface area contributed by atoms with Crippen molar-refractivity contribution in [3.8, 4) is 0 Å². The Balaban J connectivity index is 7.36. The lowest BCUT2D eigenvalue weighted by atomic mass is 10.1. The third kappa shape index (κ3) is 15.6. The summed E-state index contributed by atoms with van der Waals surface area (Å²) >= 11 is 0. The maximum Gasteiger partial charge on any atom is 0.305 e. The molecule has 0 rings (SSSR count). The summed E-state index contributed by atoms with van der Waals surface area (Å²) in [5.74, 6) is -2.35. The Kier molecular flexibility index (Phi) is 2.68. The van der Waals surface area contributed by atoms with Gasteiger partial charge in [0.15, 0.2) is 0 Å². The lowest BCUT2D eigenvalue weighted by molar-refractivity contribution is -0.147. The number of hydrogen-bond acceptors (Lipinski definition) is 4. The number of carbonyl (C=O) groups excluding carboxylic acids is 1. The topological polar surface area (TPSA) is 66.8 Å². The maximum atomic E-state index is 12.3. The minimum Gasteiger partial charge on any atom is -0.463 e. The van der Waals surface area contributed by atoms with Crippen molar-refractivity contribution < 1.29 is 56.8 Å². The van der Waals surface area contributed by atoms with Gasteiger partial charge in [-0.15, -0.1) is 0 Å². The van der Waals surface area contributed by atoms with Crippen LogP contribution in [-0.2, 0) is 9.53 Å². The fraction of sp³-hybridized carbons (Fsp3) is 0.941. The molecule has 0 aliphatic heterocycles. The number of aliphatic hydroxyl groups is 2. The fourth-order valence-corrected chi connectivity index (χ4v) is 0.624. The van der Waals surface area contributed by atoms with Gasteiger partial charge in [0, 0.05) is 43.4 Å². The van der Waals surface area contributed by atoms with Crippen molar-refractivity contribution in [2.24, 2.45) is 0 Å². The van der Waals surface area contributed by atoms with Gasteiger partial charge in [-0.25, -0.2) is 0 Å². The van der Waals surface area contributed by atoms with Gasteiger partial charge in [-0.05, 0) is 6.37 Å². The lowest BCUT2D eigenvalue weighted by Crippen LogP contribution is -2.21. The van der Waals surface area contributed by atoms with Gasteiger partial charge in [0.1, 0.15) is 12.7 Å². The minimum absolute atomic E-state index is 1.06. The maximum absolute atomic E-state index is 12.3. The summed E-state index contributed by atoms with van der Waals surface area (Å²) in [6.45, 7) is -6.34. The average Bonchev–Trinajstić information content (AvgIpc) is 2.89. The van der Waals surface area contributed by atoms with Crippen molar-refractivity contribution in [1.82, 2.24) is 0 Å². The van der Waals surface area contributed by atoms with Crippen LogP contribution >= 0.6 is 0 Å². The zero-order valence-electron chi connectivity index (χ0n) is 37.7. The molecule has 0 radical (unpaired) electrons. The van der Waals surface area contributed by atoms with Gasteiger partial charge in [0.2, 0.25) is 0 Å². The summed E-state index contributed by atoms with van der Waals surface area (Å²) in [5, 5.41) is 18.1. The minimum atomic E-state index is -5.02. The quantitative estimate of drug-likeness (QED) is 0.451. The second-order valence-electron chi connectivity index (χ2n) is 2.93. The molecule has 0 saturated carbocycles. The van der Waals surface area contributed by atoms with E-state index >= 15 is 0 Å². The molecule has 0 aromatic rings. The van der Waals surface area contributed by atoms with Crippen LogP contribution in [0, 0.1) is 0 Å². The van der Waals surface area contributed by atoms with Crippen LogP contribution in [0.25, 0.3) is 0 Å². The molecule has 4 nitrogen and oxygen atoms in total. The SMILES string of the molecule is [2H]C([2H])([2H])C([2H])([2H])C([2H])([2H])C([2H])([2H])C([2H])([2H])C([2H])([2H])C([2H])([2H])C([2H])([2H])C([2H])([2H])C([2H])([2H])C([2H])([2H])C([2H])([2H])C([2H])([2H])C(=O)OCC(O)CO. The normalized spacial score (nSPS) is 40.2. The molecule has 2 N–H and O–H groups in total. The predicted octanol–water partition coefficient (Wildman–Crippen LogP) is 3.58. The first-order valence-corrected chi connectivity index (χ1v) is 5.34. The third-order valence-corrected chi connectivity index (χ3v) is 1.41. The number of aliphatic hydroxyl groups excluding tert-OH is 2. The molecule has 0 heterocycles. The Hall–Kier alpha value is -0.610. The van der Waals surface area contributed by atoms with Gasteiger partial charge < -0.3 is 14.9 Å². The number of ether oxygens (including phenoxy) is 1. The second kappa shape index (κ2) is 15.8. The Labute approximate surface area is 167 Å². The van der Waals surface area contributed by atoms with Crippen LogP contribution in [0.1, 0.15) is 120 Å². The summed E-state index contributed by atoms with van der Waals surface area (Å²) < 4.78 is 217. The highest BCUT2D eigenvalue weighted by Gasteiger charge is 2.07. The summed E-state index contributed by atoms with van der Waals surface area (Å²) in [7, 11) is 0. The molecule has 4 heteroatoms. The van der Waals surface area contributed by atoms with E-state index in [-0.39, 0.29) is 0 Å². The van der Waals surface area contributed by atoms with Crippen LogP contribution in [0.15, 0.2) is 0 Å². The van der Waals surface area contributed by atoms with E-state index in [1.54, 1.807) is 0 Å². The van der Waals surface area contributed by atoms with Crippen LogP contribution < -0.4 is 0 Å². The van der Waals surface area contributed by atoms with Crippen LogP contribution in [0.3, 0.4) is 0 Å². The Morgan fingerprint density at radius 1 is 1.05 bits per heavy atom. The first-order valence-electron chi connectivity index (χ1n) is 18.8. The van der Waals surface area contributed by atoms with E-state index < -0.39 is 109 Å². The Morgan fingerprint density at radius 2 is 1.57 bits per heavy atom. The highest BCUT2D eigenvalue weighted by Crippen LogP contribution is 2.12. The van der Waals surface area contributed by atoms with Gasteiger partial charge in [-0.1, -0.05) is 70.6 Å². The second-order valence-corrected chi connectivity index (χ2v) is 2.93. The predicted molar refractivity (Wildman–Crippen MR) is 85.1 cm³/mol. The molecule has 0 saturated heterocycles. The molecule has 0 aromatic heterocycles. The fourth-order valence-electron chi connectivity index (χ4n) is 0.624. The van der Waals surface area contributed by atoms with E-state index in [4.69, 9.17) is 42.1 Å². The lowest BCUT2D eigenvalue weighted by Gasteiger charge is -2.08. The molecule has 126 valence electrons. The highest BCUT2D eigenvalue weighted by molar-refractivity contribution is 5.69. The van der Waals surface area contributed by atoms with Gasteiger partial charge in [-0.3, -0.25) is 4.79 Å². The first kappa shape index (κ1) is 3.56. The Morgan fingerprint density at radius 3 is 2.10 bits per heavy atom. The van der Waals surface area contributed by atoms with Crippen LogP contribution in [0.2, 0.25) is 0 Å². The van der Waals surface area contributed by atoms with E-state index in [2.05, 4.69) is 4.74 Å². The molecule has 0 spiro atoms. The molecule has 0 aliphatic rings. The highest BCUT2D eigenvalue weighted by atomic mass is 16.5. The largest absolute Gasteiger partial charge is 0.463 e.